The Morgan fingerprint density at radius 1 is 1.28 bits per heavy atom. The largest absolute Gasteiger partial charge is 0.355 e. The Balaban J connectivity index is 1.85. The number of hydrogen-bond acceptors (Lipinski definition) is 2. The van der Waals surface area contributed by atoms with E-state index < -0.39 is 17.7 Å². The Morgan fingerprint density at radius 2 is 2.12 bits per heavy atom. The zero-order valence-corrected chi connectivity index (χ0v) is 14.3. The van der Waals surface area contributed by atoms with Crippen LogP contribution in [-0.2, 0) is 11.3 Å². The first-order chi connectivity index (χ1) is 12.1. The van der Waals surface area contributed by atoms with E-state index in [9.17, 15) is 13.6 Å². The zero-order chi connectivity index (χ0) is 17.8. The average Bonchev–Trinajstić information content (AvgIpc) is 3.04. The maximum Gasteiger partial charge on any atom is 0.234 e. The van der Waals surface area contributed by atoms with Crippen molar-refractivity contribution in [3.05, 3.63) is 59.4 Å². The molecule has 0 radical (unpaired) electrons. The van der Waals surface area contributed by atoms with E-state index >= 15 is 0 Å². The van der Waals surface area contributed by atoms with Gasteiger partial charge in [-0.3, -0.25) is 9.69 Å². The summed E-state index contributed by atoms with van der Waals surface area (Å²) in [5, 5.41) is 2.90. The minimum atomic E-state index is -0.601. The highest BCUT2D eigenvalue weighted by Crippen LogP contribution is 2.33. The molecule has 25 heavy (non-hydrogen) atoms. The Kier molecular flexibility index (Phi) is 5.48. The fourth-order valence-electron chi connectivity index (χ4n) is 3.33. The minimum Gasteiger partial charge on any atom is -0.355 e. The highest BCUT2D eigenvalue weighted by molar-refractivity contribution is 5.78. The molecule has 0 bridgehead atoms. The van der Waals surface area contributed by atoms with Crippen LogP contribution in [0.15, 0.2) is 36.5 Å². The summed E-state index contributed by atoms with van der Waals surface area (Å²) in [6.07, 6.45) is 3.90. The quantitative estimate of drug-likeness (QED) is 0.816. The van der Waals surface area contributed by atoms with Crippen LogP contribution < -0.4 is 5.32 Å². The van der Waals surface area contributed by atoms with Crippen LogP contribution in [0.1, 0.15) is 37.1 Å². The Bertz CT molecular complexity index is 744. The molecule has 2 aromatic rings. The Hall–Kier alpha value is -2.21. The lowest BCUT2D eigenvalue weighted by molar-refractivity contribution is -0.122. The molecule has 1 atom stereocenters. The second-order valence-electron chi connectivity index (χ2n) is 6.37. The third-order valence-corrected chi connectivity index (χ3v) is 4.59. The number of nitrogens with one attached hydrogen (secondary N) is 1. The molecular weight excluding hydrogens is 324 g/mol. The van der Waals surface area contributed by atoms with E-state index in [-0.39, 0.29) is 12.5 Å². The first-order valence-corrected chi connectivity index (χ1v) is 8.71. The lowest BCUT2D eigenvalue weighted by Gasteiger charge is -2.37. The summed E-state index contributed by atoms with van der Waals surface area (Å²) >= 11 is 0. The number of amides is 1. The van der Waals surface area contributed by atoms with Gasteiger partial charge in [-0.05, 0) is 24.6 Å². The second kappa shape index (κ2) is 7.78. The lowest BCUT2D eigenvalue weighted by atomic mass is 9.99. The van der Waals surface area contributed by atoms with Crippen LogP contribution in [0.4, 0.5) is 8.78 Å². The summed E-state index contributed by atoms with van der Waals surface area (Å²) < 4.78 is 29.8. The summed E-state index contributed by atoms with van der Waals surface area (Å²) in [6.45, 7) is 4.28. The van der Waals surface area contributed by atoms with E-state index in [2.05, 4.69) is 16.8 Å². The van der Waals surface area contributed by atoms with Crippen LogP contribution >= 0.6 is 0 Å². The van der Waals surface area contributed by atoms with Gasteiger partial charge in [0.2, 0.25) is 5.91 Å². The van der Waals surface area contributed by atoms with Gasteiger partial charge < -0.3 is 9.88 Å². The summed E-state index contributed by atoms with van der Waals surface area (Å²) in [5.74, 6) is -1.26. The monoisotopic (exact) mass is 347 g/mol. The summed E-state index contributed by atoms with van der Waals surface area (Å²) in [7, 11) is 0. The van der Waals surface area contributed by atoms with E-state index in [1.54, 1.807) is 0 Å². The summed E-state index contributed by atoms with van der Waals surface area (Å²) in [5.41, 5.74) is 1.31. The third kappa shape index (κ3) is 3.90. The van der Waals surface area contributed by atoms with E-state index in [0.29, 0.717) is 18.7 Å². The highest BCUT2D eigenvalue weighted by atomic mass is 19.1. The predicted octanol–water partition coefficient (Wildman–Crippen LogP) is 3.09. The molecule has 4 nitrogen and oxygen atoms in total. The molecule has 0 aliphatic carbocycles. The molecule has 0 saturated carbocycles. The molecule has 3 rings (SSSR count). The predicted molar refractivity (Wildman–Crippen MR) is 92.1 cm³/mol. The highest BCUT2D eigenvalue weighted by Gasteiger charge is 2.31. The van der Waals surface area contributed by atoms with E-state index in [1.807, 2.05) is 23.2 Å². The standard InChI is InChI=1S/C19H23F2N3O/c1-2-3-8-22-18(25)13-24-11-10-23-9-4-5-17(23)19(24)15-7-6-14(20)12-16(15)21/h4-7,9,12,19H,2-3,8,10-11,13H2,1H3,(H,22,25). The van der Waals surface area contributed by atoms with Gasteiger partial charge in [-0.15, -0.1) is 0 Å². The van der Waals surface area contributed by atoms with Crippen molar-refractivity contribution in [2.45, 2.75) is 32.4 Å². The van der Waals surface area contributed by atoms with Crippen molar-refractivity contribution >= 4 is 5.91 Å². The number of carbonyl (C=O) groups excluding carboxylic acids is 1. The van der Waals surface area contributed by atoms with Gasteiger partial charge in [0.1, 0.15) is 11.6 Å². The lowest BCUT2D eigenvalue weighted by Crippen LogP contribution is -2.44. The van der Waals surface area contributed by atoms with Crippen molar-refractivity contribution in [2.24, 2.45) is 0 Å². The number of unbranched alkanes of at least 4 members (excludes halogenated alkanes) is 1. The molecule has 1 unspecified atom stereocenters. The first kappa shape index (κ1) is 17.6. The SMILES string of the molecule is CCCCNC(=O)CN1CCn2cccc2C1c1ccc(F)cc1F. The van der Waals surface area contributed by atoms with Crippen LogP contribution in [-0.4, -0.2) is 35.0 Å². The van der Waals surface area contributed by atoms with Crippen LogP contribution in [0.5, 0.6) is 0 Å². The average molecular weight is 347 g/mol. The number of halogens is 2. The summed E-state index contributed by atoms with van der Waals surface area (Å²) in [4.78, 5) is 14.2. The zero-order valence-electron chi connectivity index (χ0n) is 14.3. The van der Waals surface area contributed by atoms with Gasteiger partial charge >= 0.3 is 0 Å². The molecule has 0 fully saturated rings. The van der Waals surface area contributed by atoms with Crippen molar-refractivity contribution in [1.29, 1.82) is 0 Å². The number of hydrogen-bond donors (Lipinski definition) is 1. The molecule has 1 amide bonds. The van der Waals surface area contributed by atoms with Crippen molar-refractivity contribution in [2.75, 3.05) is 19.6 Å². The molecule has 1 N–H and O–H groups in total. The van der Waals surface area contributed by atoms with E-state index in [0.717, 1.165) is 31.1 Å². The molecule has 1 aliphatic rings. The molecule has 2 heterocycles. The Morgan fingerprint density at radius 3 is 2.88 bits per heavy atom. The molecule has 1 aromatic heterocycles. The fraction of sp³-hybridized carbons (Fsp3) is 0.421. The normalized spacial score (nSPS) is 17.3. The van der Waals surface area contributed by atoms with Gasteiger partial charge in [0.25, 0.3) is 0 Å². The molecule has 0 spiro atoms. The van der Waals surface area contributed by atoms with Crippen molar-refractivity contribution in [1.82, 2.24) is 14.8 Å². The Labute approximate surface area is 146 Å². The van der Waals surface area contributed by atoms with Crippen LogP contribution in [0.2, 0.25) is 0 Å². The number of fused-ring (bicyclic) bond motifs is 1. The molecular formula is C19H23F2N3O. The van der Waals surface area contributed by atoms with Crippen molar-refractivity contribution in [3.8, 4) is 0 Å². The van der Waals surface area contributed by atoms with E-state index in [4.69, 9.17) is 0 Å². The number of benzene rings is 1. The van der Waals surface area contributed by atoms with E-state index in [1.165, 1.54) is 12.1 Å². The maximum atomic E-state index is 14.4. The van der Waals surface area contributed by atoms with Crippen LogP contribution in [0, 0.1) is 11.6 Å². The topological polar surface area (TPSA) is 37.3 Å². The number of aromatic nitrogens is 1. The third-order valence-electron chi connectivity index (χ3n) is 4.59. The molecule has 0 saturated heterocycles. The maximum absolute atomic E-state index is 14.4. The molecule has 134 valence electrons. The second-order valence-corrected chi connectivity index (χ2v) is 6.37. The fourth-order valence-corrected chi connectivity index (χ4v) is 3.33. The molecule has 6 heteroatoms. The van der Waals surface area contributed by atoms with Gasteiger partial charge in [-0.1, -0.05) is 19.4 Å². The van der Waals surface area contributed by atoms with Gasteiger partial charge in [0, 0.05) is 43.2 Å². The van der Waals surface area contributed by atoms with Crippen LogP contribution in [0.3, 0.4) is 0 Å². The minimum absolute atomic E-state index is 0.0685. The number of carbonyl (C=O) groups is 1. The number of nitrogens with zero attached hydrogens (tertiary/aromatic N) is 2. The number of rotatable bonds is 6. The molecule has 1 aliphatic heterocycles. The smallest absolute Gasteiger partial charge is 0.234 e. The van der Waals surface area contributed by atoms with Crippen LogP contribution in [0.25, 0.3) is 0 Å². The van der Waals surface area contributed by atoms with Gasteiger partial charge in [-0.2, -0.15) is 0 Å². The summed E-state index contributed by atoms with van der Waals surface area (Å²) in [6, 6.07) is 7.07. The van der Waals surface area contributed by atoms with Gasteiger partial charge in [0.15, 0.2) is 0 Å². The van der Waals surface area contributed by atoms with Gasteiger partial charge in [-0.25, -0.2) is 8.78 Å². The van der Waals surface area contributed by atoms with Crippen molar-refractivity contribution in [3.63, 3.8) is 0 Å². The van der Waals surface area contributed by atoms with Crippen molar-refractivity contribution < 1.29 is 13.6 Å². The van der Waals surface area contributed by atoms with Gasteiger partial charge in [0.05, 0.1) is 12.6 Å². The first-order valence-electron chi connectivity index (χ1n) is 8.71. The molecule has 1 aromatic carbocycles.